The van der Waals surface area contributed by atoms with E-state index >= 15 is 0 Å². The minimum absolute atomic E-state index is 0.0402. The fourth-order valence-electron chi connectivity index (χ4n) is 2.93. The Bertz CT molecular complexity index is 1020. The smallest absolute Gasteiger partial charge is 0.231 e. The highest BCUT2D eigenvalue weighted by molar-refractivity contribution is 7.15. The average molecular weight is 396 g/mol. The van der Waals surface area contributed by atoms with Crippen molar-refractivity contribution in [3.63, 3.8) is 0 Å². The van der Waals surface area contributed by atoms with Crippen LogP contribution >= 0.6 is 11.3 Å². The minimum atomic E-state index is -0.0402. The lowest BCUT2D eigenvalue weighted by molar-refractivity contribution is -0.120. The molecular weight excluding hydrogens is 376 g/mol. The largest absolute Gasteiger partial charge is 0.497 e. The van der Waals surface area contributed by atoms with Crippen LogP contribution in [0, 0.1) is 6.92 Å². The Morgan fingerprint density at radius 3 is 2.93 bits per heavy atom. The van der Waals surface area contributed by atoms with Gasteiger partial charge in [-0.2, -0.15) is 0 Å². The molecule has 2 aromatic carbocycles. The molecule has 1 aliphatic rings. The highest BCUT2D eigenvalue weighted by Gasteiger charge is 2.15. The molecule has 0 spiro atoms. The van der Waals surface area contributed by atoms with Gasteiger partial charge in [0.05, 0.1) is 19.2 Å². The number of amides is 1. The number of nitrogens with one attached hydrogen (secondary N) is 1. The maximum absolute atomic E-state index is 12.4. The summed E-state index contributed by atoms with van der Waals surface area (Å²) in [6, 6.07) is 13.4. The van der Waals surface area contributed by atoms with Gasteiger partial charge >= 0.3 is 0 Å². The molecule has 7 heteroatoms. The summed E-state index contributed by atoms with van der Waals surface area (Å²) >= 11 is 1.53. The molecule has 0 atom stereocenters. The number of carbonyl (C=O) groups is 1. The number of nitrogens with zero attached hydrogens (tertiary/aromatic N) is 1. The molecule has 0 saturated carbocycles. The molecule has 1 amide bonds. The third-order valence-corrected chi connectivity index (χ3v) is 5.66. The first-order valence-electron chi connectivity index (χ1n) is 8.88. The van der Waals surface area contributed by atoms with Crippen molar-refractivity contribution >= 4 is 17.2 Å². The molecule has 28 heavy (non-hydrogen) atoms. The van der Waals surface area contributed by atoms with Gasteiger partial charge < -0.3 is 19.5 Å². The van der Waals surface area contributed by atoms with Crippen LogP contribution < -0.4 is 19.5 Å². The van der Waals surface area contributed by atoms with Crippen LogP contribution in [0.2, 0.25) is 0 Å². The second-order valence-corrected chi connectivity index (χ2v) is 7.48. The van der Waals surface area contributed by atoms with Gasteiger partial charge in [-0.3, -0.25) is 4.79 Å². The second-order valence-electron chi connectivity index (χ2n) is 6.40. The molecule has 0 bridgehead atoms. The number of methoxy groups -OCH3 is 1. The predicted molar refractivity (Wildman–Crippen MR) is 107 cm³/mol. The molecule has 3 aromatic rings. The standard InChI is InChI=1S/C21H20N2O4S/c1-13-19(28-21(23-13)15-4-3-5-16(9-15)25-2)10-20(24)22-11-14-6-7-17-18(8-14)27-12-26-17/h3-9H,10-12H2,1-2H3,(H,22,24). The van der Waals surface area contributed by atoms with E-state index in [1.165, 1.54) is 11.3 Å². The number of carbonyl (C=O) groups excluding carboxylic acids is 1. The Balaban J connectivity index is 1.40. The van der Waals surface area contributed by atoms with Crippen LogP contribution in [0.15, 0.2) is 42.5 Å². The number of fused-ring (bicyclic) bond motifs is 1. The Hall–Kier alpha value is -3.06. The third kappa shape index (κ3) is 3.94. The first-order chi connectivity index (χ1) is 13.6. The lowest BCUT2D eigenvalue weighted by Gasteiger charge is -2.06. The first kappa shape index (κ1) is 18.3. The van der Waals surface area contributed by atoms with Gasteiger partial charge in [-0.1, -0.05) is 18.2 Å². The number of hydrogen-bond acceptors (Lipinski definition) is 6. The van der Waals surface area contributed by atoms with Crippen LogP contribution in [0.3, 0.4) is 0 Å². The van der Waals surface area contributed by atoms with Crippen molar-refractivity contribution in [3.05, 3.63) is 58.6 Å². The van der Waals surface area contributed by atoms with Crippen LogP contribution in [0.1, 0.15) is 16.1 Å². The van der Waals surface area contributed by atoms with Gasteiger partial charge in [-0.05, 0) is 36.8 Å². The van der Waals surface area contributed by atoms with Crippen molar-refractivity contribution < 1.29 is 19.0 Å². The first-order valence-corrected chi connectivity index (χ1v) is 9.70. The fraction of sp³-hybridized carbons (Fsp3) is 0.238. The molecule has 0 aliphatic carbocycles. The van der Waals surface area contributed by atoms with Crippen LogP contribution in [0.25, 0.3) is 10.6 Å². The Morgan fingerprint density at radius 2 is 2.07 bits per heavy atom. The summed E-state index contributed by atoms with van der Waals surface area (Å²) in [5, 5.41) is 3.84. The highest BCUT2D eigenvalue weighted by atomic mass is 32.1. The van der Waals surface area contributed by atoms with E-state index in [1.54, 1.807) is 7.11 Å². The monoisotopic (exact) mass is 396 g/mol. The molecule has 1 N–H and O–H groups in total. The molecule has 1 aromatic heterocycles. The molecule has 0 fully saturated rings. The number of hydrogen-bond donors (Lipinski definition) is 1. The van der Waals surface area contributed by atoms with E-state index in [4.69, 9.17) is 14.2 Å². The maximum atomic E-state index is 12.4. The quantitative estimate of drug-likeness (QED) is 0.688. The number of benzene rings is 2. The number of ether oxygens (including phenoxy) is 3. The molecule has 6 nitrogen and oxygen atoms in total. The lowest BCUT2D eigenvalue weighted by Crippen LogP contribution is -2.24. The molecular formula is C21H20N2O4S. The van der Waals surface area contributed by atoms with E-state index in [0.717, 1.165) is 38.2 Å². The molecule has 4 rings (SSSR count). The van der Waals surface area contributed by atoms with E-state index in [9.17, 15) is 4.79 Å². The zero-order valence-electron chi connectivity index (χ0n) is 15.7. The van der Waals surface area contributed by atoms with Gasteiger partial charge in [0.25, 0.3) is 0 Å². The van der Waals surface area contributed by atoms with E-state index in [-0.39, 0.29) is 12.7 Å². The van der Waals surface area contributed by atoms with Crippen molar-refractivity contribution in [2.75, 3.05) is 13.9 Å². The molecule has 0 saturated heterocycles. The topological polar surface area (TPSA) is 69.7 Å². The molecule has 144 valence electrons. The fourth-order valence-corrected chi connectivity index (χ4v) is 3.99. The van der Waals surface area contributed by atoms with Gasteiger partial charge in [0.15, 0.2) is 11.5 Å². The van der Waals surface area contributed by atoms with Gasteiger partial charge in [-0.25, -0.2) is 4.98 Å². The van der Waals surface area contributed by atoms with Crippen LogP contribution in [0.5, 0.6) is 17.2 Å². The van der Waals surface area contributed by atoms with Gasteiger partial charge in [0.1, 0.15) is 10.8 Å². The number of aromatic nitrogens is 1. The van der Waals surface area contributed by atoms with Crippen molar-refractivity contribution in [1.82, 2.24) is 10.3 Å². The number of thiazole rings is 1. The zero-order chi connectivity index (χ0) is 19.5. The van der Waals surface area contributed by atoms with Crippen LogP contribution in [0.4, 0.5) is 0 Å². The third-order valence-electron chi connectivity index (χ3n) is 4.46. The summed E-state index contributed by atoms with van der Waals surface area (Å²) in [6.45, 7) is 2.61. The Kier molecular flexibility index (Phi) is 5.16. The molecule has 2 heterocycles. The van der Waals surface area contributed by atoms with Crippen molar-refractivity contribution in [2.24, 2.45) is 0 Å². The number of aryl methyl sites for hydroxylation is 1. The Labute approximate surface area is 167 Å². The number of rotatable bonds is 6. The Morgan fingerprint density at radius 1 is 1.21 bits per heavy atom. The molecule has 0 unspecified atom stereocenters. The lowest BCUT2D eigenvalue weighted by atomic mass is 10.2. The molecule has 1 aliphatic heterocycles. The summed E-state index contributed by atoms with van der Waals surface area (Å²) in [5.74, 6) is 2.20. The van der Waals surface area contributed by atoms with Crippen molar-refractivity contribution in [2.45, 2.75) is 19.9 Å². The van der Waals surface area contributed by atoms with Crippen molar-refractivity contribution in [1.29, 1.82) is 0 Å². The predicted octanol–water partition coefficient (Wildman–Crippen LogP) is 3.71. The van der Waals surface area contributed by atoms with Crippen molar-refractivity contribution in [3.8, 4) is 27.8 Å². The maximum Gasteiger partial charge on any atom is 0.231 e. The summed E-state index contributed by atoms with van der Waals surface area (Å²) in [4.78, 5) is 18.0. The summed E-state index contributed by atoms with van der Waals surface area (Å²) < 4.78 is 15.9. The van der Waals surface area contributed by atoms with E-state index in [0.29, 0.717) is 18.7 Å². The van der Waals surface area contributed by atoms with E-state index in [1.807, 2.05) is 49.4 Å². The van der Waals surface area contributed by atoms with E-state index < -0.39 is 0 Å². The average Bonchev–Trinajstić information content (AvgIpc) is 3.32. The van der Waals surface area contributed by atoms with E-state index in [2.05, 4.69) is 10.3 Å². The molecule has 0 radical (unpaired) electrons. The van der Waals surface area contributed by atoms with Crippen LogP contribution in [-0.2, 0) is 17.8 Å². The SMILES string of the molecule is COc1cccc(-c2nc(C)c(CC(=O)NCc3ccc4c(c3)OCO4)s2)c1. The normalized spacial score (nSPS) is 12.1. The van der Waals surface area contributed by atoms with Gasteiger partial charge in [0, 0.05) is 17.0 Å². The highest BCUT2D eigenvalue weighted by Crippen LogP contribution is 2.33. The van der Waals surface area contributed by atoms with Crippen LogP contribution in [-0.4, -0.2) is 24.8 Å². The minimum Gasteiger partial charge on any atom is -0.497 e. The van der Waals surface area contributed by atoms with Gasteiger partial charge in [-0.15, -0.1) is 11.3 Å². The summed E-state index contributed by atoms with van der Waals surface area (Å²) in [7, 11) is 1.64. The van der Waals surface area contributed by atoms with Gasteiger partial charge in [0.2, 0.25) is 12.7 Å². The summed E-state index contributed by atoms with van der Waals surface area (Å²) in [5.41, 5.74) is 2.83. The zero-order valence-corrected chi connectivity index (χ0v) is 16.5. The second kappa shape index (κ2) is 7.90. The summed E-state index contributed by atoms with van der Waals surface area (Å²) in [6.07, 6.45) is 0.304.